The molecule has 0 saturated heterocycles. The molecule has 0 aliphatic heterocycles. The average Bonchev–Trinajstić information content (AvgIpc) is 3.48. The van der Waals surface area contributed by atoms with Crippen LogP contribution in [0, 0.1) is 67.3 Å². The number of nitrogens with zero attached hydrogens (tertiary/aromatic N) is 1. The SMILES string of the molecule is C[C@@]12C(=CC(=O)CC1[N+](=O)[O-])CC[C@@H]1C2CC[C@]2(C)C(=O)CC[C@@H]12.C[C@]12CC(Cl)C(=O)C=C1CC[C@@H]1C2CC[C@]2(C)C(=O)CC[C@@H]12. The molecule has 250 valence electrons. The maximum Gasteiger partial charge on any atom is 0.229 e. The molecule has 0 bridgehead atoms. The molecule has 46 heavy (non-hydrogen) atoms. The first-order chi connectivity index (χ1) is 21.6. The van der Waals surface area contributed by atoms with Gasteiger partial charge in [0, 0.05) is 28.6 Å². The van der Waals surface area contributed by atoms with E-state index in [4.69, 9.17) is 11.6 Å². The number of carbonyl (C=O) groups excluding carboxylic acids is 4. The number of carbonyl (C=O) groups is 4. The van der Waals surface area contributed by atoms with Crippen LogP contribution in [0.15, 0.2) is 23.3 Å². The highest BCUT2D eigenvalue weighted by Crippen LogP contribution is 2.66. The number of Topliss-reactive ketones (excluding diaryl/α,β-unsaturated/α-hetero) is 2. The fraction of sp³-hybridized carbons (Fsp3) is 0.789. The molecule has 8 aliphatic carbocycles. The summed E-state index contributed by atoms with van der Waals surface area (Å²) in [5.74, 6) is 3.67. The molecule has 0 aromatic rings. The lowest BCUT2D eigenvalue weighted by molar-refractivity contribution is -0.542. The van der Waals surface area contributed by atoms with Crippen LogP contribution < -0.4 is 0 Å². The van der Waals surface area contributed by atoms with Gasteiger partial charge in [-0.1, -0.05) is 31.9 Å². The minimum atomic E-state index is -0.806. The molecule has 0 heterocycles. The lowest BCUT2D eigenvalue weighted by atomic mass is 9.46. The van der Waals surface area contributed by atoms with Gasteiger partial charge < -0.3 is 0 Å². The molecule has 8 rings (SSSR count). The molecule has 6 saturated carbocycles. The summed E-state index contributed by atoms with van der Waals surface area (Å²) in [6.07, 6.45) is 15.6. The Balaban J connectivity index is 0.000000147. The van der Waals surface area contributed by atoms with Gasteiger partial charge in [-0.2, -0.15) is 0 Å². The third kappa shape index (κ3) is 4.48. The number of rotatable bonds is 1. The van der Waals surface area contributed by atoms with Crippen molar-refractivity contribution in [3.05, 3.63) is 33.4 Å². The van der Waals surface area contributed by atoms with Crippen molar-refractivity contribution >= 4 is 34.7 Å². The predicted molar refractivity (Wildman–Crippen MR) is 175 cm³/mol. The summed E-state index contributed by atoms with van der Waals surface area (Å²) >= 11 is 6.32. The van der Waals surface area contributed by atoms with Crippen LogP contribution in [0.5, 0.6) is 0 Å². The Morgan fingerprint density at radius 2 is 1.22 bits per heavy atom. The van der Waals surface area contributed by atoms with Gasteiger partial charge in [0.1, 0.15) is 11.6 Å². The summed E-state index contributed by atoms with van der Waals surface area (Å²) in [6, 6.07) is -0.806. The van der Waals surface area contributed by atoms with Crippen LogP contribution >= 0.6 is 11.6 Å². The Kier molecular flexibility index (Phi) is 7.70. The summed E-state index contributed by atoms with van der Waals surface area (Å²) in [5, 5.41) is 11.4. The monoisotopic (exact) mass is 651 g/mol. The van der Waals surface area contributed by atoms with Gasteiger partial charge >= 0.3 is 0 Å². The fourth-order valence-electron chi connectivity index (χ4n) is 13.0. The van der Waals surface area contributed by atoms with Gasteiger partial charge in [-0.3, -0.25) is 29.3 Å². The number of alkyl halides is 1. The minimum absolute atomic E-state index is 0.0249. The summed E-state index contributed by atoms with van der Waals surface area (Å²) in [4.78, 5) is 60.3. The quantitative estimate of drug-likeness (QED) is 0.164. The summed E-state index contributed by atoms with van der Waals surface area (Å²) in [5.41, 5.74) is 1.61. The zero-order chi connectivity index (χ0) is 33.0. The van der Waals surface area contributed by atoms with E-state index in [0.29, 0.717) is 47.6 Å². The molecule has 0 amide bonds. The molecule has 0 aromatic heterocycles. The Morgan fingerprint density at radius 1 is 0.696 bits per heavy atom. The van der Waals surface area contributed by atoms with Crippen LogP contribution in [0.25, 0.3) is 0 Å². The second-order valence-corrected chi connectivity index (χ2v) is 17.8. The molecular formula is C38H50ClNO6. The molecule has 0 aromatic carbocycles. The second-order valence-electron chi connectivity index (χ2n) is 17.3. The number of halogens is 1. The van der Waals surface area contributed by atoms with Crippen LogP contribution in [-0.2, 0) is 19.2 Å². The molecule has 12 atom stereocenters. The van der Waals surface area contributed by atoms with Gasteiger partial charge in [0.25, 0.3) is 0 Å². The zero-order valence-corrected chi connectivity index (χ0v) is 28.7. The highest BCUT2D eigenvalue weighted by molar-refractivity contribution is 6.33. The lowest BCUT2D eigenvalue weighted by Gasteiger charge is -2.57. The van der Waals surface area contributed by atoms with Crippen LogP contribution in [0.3, 0.4) is 0 Å². The molecule has 6 fully saturated rings. The molecule has 8 heteroatoms. The normalized spacial score (nSPS) is 49.2. The number of hydrogen-bond acceptors (Lipinski definition) is 6. The molecule has 4 unspecified atom stereocenters. The first kappa shape index (κ1) is 32.4. The van der Waals surface area contributed by atoms with E-state index in [1.54, 1.807) is 6.08 Å². The number of hydrogen-bond donors (Lipinski definition) is 0. The van der Waals surface area contributed by atoms with Crippen molar-refractivity contribution < 1.29 is 24.1 Å². The summed E-state index contributed by atoms with van der Waals surface area (Å²) in [7, 11) is 0. The number of fused-ring (bicyclic) bond motifs is 10. The van der Waals surface area contributed by atoms with Gasteiger partial charge in [-0.25, -0.2) is 0 Å². The standard InChI is InChI=1S/C19H25ClO2.C19H25NO4/c1-18-8-7-14-12(13(18)5-6-17(18)22)4-3-11-9-16(21)15(20)10-19(11,14)2;1-18-8-7-15-13(14(18)5-6-17(18)22)4-3-11-9-12(21)10-16(20(23)24)19(11,15)2/h9,12-15H,3-8,10H2,1-2H3;9,13-16H,3-8,10H2,1-2H3/t12-,13-,14?,15?,18-,19-;13-,14-,15?,16?,18-,19-/m00/s1. The number of ketones is 4. The topological polar surface area (TPSA) is 111 Å². The van der Waals surface area contributed by atoms with Gasteiger partial charge in [0.05, 0.1) is 17.2 Å². The van der Waals surface area contributed by atoms with Crippen LogP contribution in [0.4, 0.5) is 0 Å². The van der Waals surface area contributed by atoms with Gasteiger partial charge in [-0.15, -0.1) is 11.6 Å². The fourth-order valence-corrected chi connectivity index (χ4v) is 13.4. The van der Waals surface area contributed by atoms with Gasteiger partial charge in [-0.05, 0) is 131 Å². The first-order valence-corrected chi connectivity index (χ1v) is 18.4. The maximum atomic E-state index is 12.4. The van der Waals surface area contributed by atoms with Crippen molar-refractivity contribution in [2.45, 2.75) is 129 Å². The Labute approximate surface area is 277 Å². The van der Waals surface area contributed by atoms with Crippen molar-refractivity contribution in [1.82, 2.24) is 0 Å². The summed E-state index contributed by atoms with van der Waals surface area (Å²) < 4.78 is 0. The first-order valence-electron chi connectivity index (χ1n) is 18.0. The number of allylic oxidation sites excluding steroid dienone is 1. The number of nitro groups is 1. The van der Waals surface area contributed by atoms with Crippen LogP contribution in [0.2, 0.25) is 0 Å². The Morgan fingerprint density at radius 3 is 1.80 bits per heavy atom. The zero-order valence-electron chi connectivity index (χ0n) is 27.9. The summed E-state index contributed by atoms with van der Waals surface area (Å²) in [6.45, 7) is 8.68. The van der Waals surface area contributed by atoms with Crippen LogP contribution in [0.1, 0.15) is 118 Å². The van der Waals surface area contributed by atoms with Crippen LogP contribution in [-0.4, -0.2) is 39.5 Å². The molecule has 7 nitrogen and oxygen atoms in total. The lowest BCUT2D eigenvalue weighted by Crippen LogP contribution is -2.57. The van der Waals surface area contributed by atoms with Crippen molar-refractivity contribution in [3.8, 4) is 0 Å². The van der Waals surface area contributed by atoms with E-state index in [-0.39, 0.29) is 50.5 Å². The van der Waals surface area contributed by atoms with E-state index in [0.717, 1.165) is 82.6 Å². The van der Waals surface area contributed by atoms with E-state index >= 15 is 0 Å². The van der Waals surface area contributed by atoms with Crippen molar-refractivity contribution in [1.29, 1.82) is 0 Å². The van der Waals surface area contributed by atoms with E-state index in [1.807, 2.05) is 13.0 Å². The van der Waals surface area contributed by atoms with E-state index in [9.17, 15) is 29.3 Å². The highest BCUT2D eigenvalue weighted by Gasteiger charge is 2.64. The maximum absolute atomic E-state index is 12.4. The minimum Gasteiger partial charge on any atom is -0.299 e. The van der Waals surface area contributed by atoms with Crippen molar-refractivity contribution in [2.24, 2.45) is 57.2 Å². The molecular weight excluding hydrogens is 602 g/mol. The van der Waals surface area contributed by atoms with E-state index in [2.05, 4.69) is 20.8 Å². The molecule has 8 aliphatic rings. The second kappa shape index (κ2) is 10.9. The molecule has 0 spiro atoms. The predicted octanol–water partition coefficient (Wildman–Crippen LogP) is 7.65. The Bertz CT molecular complexity index is 1470. The smallest absolute Gasteiger partial charge is 0.229 e. The largest absolute Gasteiger partial charge is 0.299 e. The van der Waals surface area contributed by atoms with E-state index in [1.165, 1.54) is 5.57 Å². The van der Waals surface area contributed by atoms with Crippen molar-refractivity contribution in [2.75, 3.05) is 0 Å². The molecule has 0 radical (unpaired) electrons. The van der Waals surface area contributed by atoms with Gasteiger partial charge in [0.15, 0.2) is 11.6 Å². The Hall–Kier alpha value is -2.15. The third-order valence-electron chi connectivity index (χ3n) is 15.7. The molecule has 0 N–H and O–H groups in total. The van der Waals surface area contributed by atoms with E-state index < -0.39 is 11.5 Å². The average molecular weight is 652 g/mol. The van der Waals surface area contributed by atoms with Gasteiger partial charge in [0.2, 0.25) is 6.04 Å². The van der Waals surface area contributed by atoms with Crippen molar-refractivity contribution in [3.63, 3.8) is 0 Å². The third-order valence-corrected chi connectivity index (χ3v) is 16.1. The highest BCUT2D eigenvalue weighted by atomic mass is 35.5.